The van der Waals surface area contributed by atoms with Gasteiger partial charge < -0.3 is 10.1 Å². The number of amides is 1. The minimum absolute atomic E-state index is 0.0921. The Labute approximate surface area is 158 Å². The van der Waals surface area contributed by atoms with E-state index in [1.165, 1.54) is 13.2 Å². The van der Waals surface area contributed by atoms with Crippen LogP contribution in [0.1, 0.15) is 10.4 Å². The Morgan fingerprint density at radius 1 is 0.964 bits per heavy atom. The number of alkyl halides is 3. The number of sulfone groups is 1. The van der Waals surface area contributed by atoms with E-state index in [1.807, 2.05) is 12.1 Å². The van der Waals surface area contributed by atoms with Crippen LogP contribution in [0.3, 0.4) is 0 Å². The van der Waals surface area contributed by atoms with E-state index in [1.54, 1.807) is 24.3 Å². The zero-order valence-corrected chi connectivity index (χ0v) is 15.3. The van der Waals surface area contributed by atoms with Gasteiger partial charge in [-0.25, -0.2) is 8.42 Å². The van der Waals surface area contributed by atoms with Crippen molar-refractivity contribution in [2.75, 3.05) is 12.4 Å². The van der Waals surface area contributed by atoms with Crippen molar-refractivity contribution < 1.29 is 31.1 Å². The first-order valence-corrected chi connectivity index (χ1v) is 9.41. The van der Waals surface area contributed by atoms with Crippen LogP contribution in [0, 0.1) is 0 Å². The largest absolute Gasteiger partial charge is 0.501 e. The van der Waals surface area contributed by atoms with Crippen LogP contribution in [0.5, 0.6) is 5.75 Å². The molecule has 3 rings (SSSR count). The molecule has 5 nitrogen and oxygen atoms in total. The van der Waals surface area contributed by atoms with E-state index in [9.17, 15) is 26.4 Å². The number of benzene rings is 3. The molecule has 0 unspecified atom stereocenters. The van der Waals surface area contributed by atoms with Gasteiger partial charge >= 0.3 is 5.51 Å². The lowest BCUT2D eigenvalue weighted by molar-refractivity contribution is -0.0436. The van der Waals surface area contributed by atoms with Crippen LogP contribution in [0.15, 0.2) is 65.6 Å². The first-order valence-electron chi connectivity index (χ1n) is 7.93. The zero-order chi connectivity index (χ0) is 20.5. The van der Waals surface area contributed by atoms with Crippen molar-refractivity contribution >= 4 is 32.2 Å². The van der Waals surface area contributed by atoms with E-state index in [0.717, 1.165) is 29.0 Å². The highest BCUT2D eigenvalue weighted by Gasteiger charge is 2.46. The average molecular weight is 409 g/mol. The molecule has 0 aliphatic rings. The number of methoxy groups -OCH3 is 1. The Kier molecular flexibility index (Phi) is 5.03. The van der Waals surface area contributed by atoms with E-state index in [-0.39, 0.29) is 17.0 Å². The minimum atomic E-state index is -5.52. The number of fused-ring (bicyclic) bond motifs is 1. The lowest BCUT2D eigenvalue weighted by atomic mass is 10.1. The molecule has 0 saturated heterocycles. The summed E-state index contributed by atoms with van der Waals surface area (Å²) in [5, 5.41) is 4.02. The molecular weight excluding hydrogens is 395 g/mol. The van der Waals surface area contributed by atoms with E-state index >= 15 is 0 Å². The lowest BCUT2D eigenvalue weighted by Crippen LogP contribution is -2.23. The third-order valence-corrected chi connectivity index (χ3v) is 5.50. The van der Waals surface area contributed by atoms with Crippen LogP contribution < -0.4 is 10.1 Å². The van der Waals surface area contributed by atoms with Crippen molar-refractivity contribution in [2.45, 2.75) is 10.4 Å². The summed E-state index contributed by atoms with van der Waals surface area (Å²) in [4.78, 5) is 11.7. The maximum atomic E-state index is 12.7. The number of carbonyl (C=O) groups is 1. The summed E-state index contributed by atoms with van der Waals surface area (Å²) in [6.07, 6.45) is 0. The number of hydrogen-bond donors (Lipinski definition) is 1. The Morgan fingerprint density at radius 2 is 1.61 bits per heavy atom. The molecule has 28 heavy (non-hydrogen) atoms. The number of hydrogen-bond acceptors (Lipinski definition) is 4. The molecule has 9 heteroatoms. The molecule has 1 amide bonds. The molecule has 0 aliphatic carbocycles. The summed E-state index contributed by atoms with van der Waals surface area (Å²) in [6, 6.07) is 14.5. The molecule has 0 radical (unpaired) electrons. The fourth-order valence-electron chi connectivity index (χ4n) is 2.64. The van der Waals surface area contributed by atoms with Gasteiger partial charge in [-0.3, -0.25) is 4.79 Å². The van der Waals surface area contributed by atoms with Crippen LogP contribution in [-0.4, -0.2) is 26.9 Å². The number of ether oxygens (including phenoxy) is 1. The fraction of sp³-hybridized carbons (Fsp3) is 0.105. The Hall–Kier alpha value is -3.07. The lowest BCUT2D eigenvalue weighted by Gasteiger charge is -2.12. The topological polar surface area (TPSA) is 72.5 Å². The first-order chi connectivity index (χ1) is 13.1. The van der Waals surface area contributed by atoms with Crippen molar-refractivity contribution in [1.82, 2.24) is 0 Å². The van der Waals surface area contributed by atoms with Crippen molar-refractivity contribution in [1.29, 1.82) is 0 Å². The molecule has 0 heterocycles. The Bertz CT molecular complexity index is 1160. The van der Waals surface area contributed by atoms with Crippen LogP contribution in [0.2, 0.25) is 0 Å². The van der Waals surface area contributed by atoms with E-state index in [2.05, 4.69) is 5.32 Å². The highest BCUT2D eigenvalue weighted by atomic mass is 32.2. The number of rotatable bonds is 4. The van der Waals surface area contributed by atoms with Crippen molar-refractivity contribution in [3.63, 3.8) is 0 Å². The summed E-state index contributed by atoms with van der Waals surface area (Å²) in [7, 11) is -4.13. The maximum Gasteiger partial charge on any atom is 0.501 e. The molecule has 0 aliphatic heterocycles. The van der Waals surface area contributed by atoms with Gasteiger partial charge in [-0.05, 0) is 41.1 Å². The molecule has 1 N–H and O–H groups in total. The number of nitrogens with one attached hydrogen (secondary N) is 1. The van der Waals surface area contributed by atoms with Gasteiger partial charge in [0.1, 0.15) is 5.75 Å². The van der Waals surface area contributed by atoms with Gasteiger partial charge in [0.05, 0.1) is 17.6 Å². The second kappa shape index (κ2) is 7.16. The van der Waals surface area contributed by atoms with Crippen LogP contribution >= 0.6 is 0 Å². The van der Waals surface area contributed by atoms with E-state index in [0.29, 0.717) is 0 Å². The normalized spacial score (nSPS) is 12.0. The number of carbonyl (C=O) groups excluding carboxylic acids is 1. The highest BCUT2D eigenvalue weighted by molar-refractivity contribution is 7.92. The van der Waals surface area contributed by atoms with Gasteiger partial charge in [0.15, 0.2) is 0 Å². The smallest absolute Gasteiger partial charge is 0.496 e. The van der Waals surface area contributed by atoms with Crippen molar-refractivity contribution in [2.24, 2.45) is 0 Å². The van der Waals surface area contributed by atoms with Crippen LogP contribution in [-0.2, 0) is 9.84 Å². The molecular formula is C19H14F3NO4S. The Morgan fingerprint density at radius 3 is 2.21 bits per heavy atom. The summed E-state index contributed by atoms with van der Waals surface area (Å²) >= 11 is 0. The third kappa shape index (κ3) is 3.65. The van der Waals surface area contributed by atoms with Gasteiger partial charge in [-0.2, -0.15) is 13.2 Å². The summed E-state index contributed by atoms with van der Waals surface area (Å²) < 4.78 is 66.5. The average Bonchev–Trinajstić information content (AvgIpc) is 2.66. The summed E-state index contributed by atoms with van der Waals surface area (Å²) in [5.74, 6) is -0.376. The predicted molar refractivity (Wildman–Crippen MR) is 98.1 cm³/mol. The molecule has 0 atom stereocenters. The van der Waals surface area contributed by atoms with Gasteiger partial charge in [0, 0.05) is 5.69 Å². The van der Waals surface area contributed by atoms with Gasteiger partial charge in [0.25, 0.3) is 15.7 Å². The summed E-state index contributed by atoms with van der Waals surface area (Å²) in [5.41, 5.74) is -5.37. The molecule has 0 spiro atoms. The minimum Gasteiger partial charge on any atom is -0.496 e. The van der Waals surface area contributed by atoms with Gasteiger partial charge in [-0.15, -0.1) is 0 Å². The monoisotopic (exact) mass is 409 g/mol. The Balaban J connectivity index is 1.96. The molecule has 3 aromatic carbocycles. The van der Waals surface area contributed by atoms with Gasteiger partial charge in [-0.1, -0.05) is 30.3 Å². The molecule has 146 valence electrons. The van der Waals surface area contributed by atoms with E-state index < -0.39 is 26.1 Å². The van der Waals surface area contributed by atoms with Crippen molar-refractivity contribution in [3.8, 4) is 5.75 Å². The van der Waals surface area contributed by atoms with Gasteiger partial charge in [0.2, 0.25) is 0 Å². The van der Waals surface area contributed by atoms with Crippen LogP contribution in [0.25, 0.3) is 10.8 Å². The first kappa shape index (κ1) is 19.7. The van der Waals surface area contributed by atoms with E-state index in [4.69, 9.17) is 4.74 Å². The highest BCUT2D eigenvalue weighted by Crippen LogP contribution is 2.32. The zero-order valence-electron chi connectivity index (χ0n) is 14.4. The molecule has 0 bridgehead atoms. The molecule has 0 aromatic heterocycles. The summed E-state index contributed by atoms with van der Waals surface area (Å²) in [6.45, 7) is 0. The predicted octanol–water partition coefficient (Wildman–Crippen LogP) is 4.39. The quantitative estimate of drug-likeness (QED) is 0.694. The maximum absolute atomic E-state index is 12.7. The fourth-order valence-corrected chi connectivity index (χ4v) is 3.45. The van der Waals surface area contributed by atoms with Crippen LogP contribution in [0.4, 0.5) is 18.9 Å². The number of halogens is 3. The second-order valence-electron chi connectivity index (χ2n) is 5.83. The molecule has 0 fully saturated rings. The second-order valence-corrected chi connectivity index (χ2v) is 7.77. The third-order valence-electron chi connectivity index (χ3n) is 4.02. The number of anilines is 1. The molecule has 0 saturated carbocycles. The standard InChI is InChI=1S/C19H14F3NO4S/c1-27-17-10-13-6-3-2-5-12(13)9-16(17)18(24)23-14-7-4-8-15(11-14)28(25,26)19(20,21)22/h2-11H,1H3,(H,23,24). The molecule has 3 aromatic rings. The van der Waals surface area contributed by atoms with Crippen molar-refractivity contribution in [3.05, 3.63) is 66.2 Å². The SMILES string of the molecule is COc1cc2ccccc2cc1C(=O)Nc1cccc(S(=O)(=O)C(F)(F)F)c1.